The fraction of sp³-hybridized carbons (Fsp3) is 0.531. The highest BCUT2D eigenvalue weighted by Crippen LogP contribution is 2.13. The summed E-state index contributed by atoms with van der Waals surface area (Å²) >= 11 is 0. The number of amides is 2. The van der Waals surface area contributed by atoms with Crippen LogP contribution in [0.4, 0.5) is 8.78 Å². The zero-order valence-electron chi connectivity index (χ0n) is 25.7. The van der Waals surface area contributed by atoms with Gasteiger partial charge in [0.2, 0.25) is 0 Å². The van der Waals surface area contributed by atoms with Crippen LogP contribution >= 0.6 is 0 Å². The standard InChI is InChI=1S/C25H42N4O3.C7H6F2/c1-7-11-29(12-8-2)25(32)22-14-19(5)13-21(15-22)24(31)28-10-9-27-20(6)23(30)17-26-16-18(3)4;1-5-2-6(8)4-7(9)3-5/h13-15,18,20,26-27H,7-12,16-17H2,1-6H3,(H,28,31);2-4H,1H3. The zero-order valence-corrected chi connectivity index (χ0v) is 25.7. The summed E-state index contributed by atoms with van der Waals surface area (Å²) in [6.07, 6.45) is 1.79. The Morgan fingerprint density at radius 1 is 0.805 bits per heavy atom. The lowest BCUT2D eigenvalue weighted by Gasteiger charge is -2.22. The molecule has 0 fully saturated rings. The Hall–Kier alpha value is -3.17. The van der Waals surface area contributed by atoms with Gasteiger partial charge in [-0.2, -0.15) is 0 Å². The van der Waals surface area contributed by atoms with E-state index in [2.05, 4.69) is 43.6 Å². The molecule has 0 aliphatic carbocycles. The maximum atomic E-state index is 12.9. The highest BCUT2D eigenvalue weighted by atomic mass is 19.1. The van der Waals surface area contributed by atoms with Crippen molar-refractivity contribution in [2.45, 2.75) is 67.3 Å². The van der Waals surface area contributed by atoms with Gasteiger partial charge in [-0.15, -0.1) is 0 Å². The van der Waals surface area contributed by atoms with Gasteiger partial charge in [0.25, 0.3) is 11.8 Å². The Labute approximate surface area is 244 Å². The maximum Gasteiger partial charge on any atom is 0.253 e. The molecule has 1 atom stereocenters. The fourth-order valence-corrected chi connectivity index (χ4v) is 4.08. The number of hydrogen-bond acceptors (Lipinski definition) is 5. The van der Waals surface area contributed by atoms with Gasteiger partial charge < -0.3 is 20.9 Å². The van der Waals surface area contributed by atoms with Crippen LogP contribution in [0, 0.1) is 31.4 Å². The number of ketones is 1. The molecule has 0 saturated carbocycles. The molecule has 3 N–H and O–H groups in total. The number of nitrogens with one attached hydrogen (secondary N) is 3. The minimum atomic E-state index is -0.521. The van der Waals surface area contributed by atoms with Gasteiger partial charge in [-0.3, -0.25) is 14.4 Å². The number of nitrogens with zero attached hydrogens (tertiary/aromatic N) is 1. The number of aryl methyl sites for hydroxylation is 2. The second kappa shape index (κ2) is 19.0. The molecule has 228 valence electrons. The van der Waals surface area contributed by atoms with E-state index >= 15 is 0 Å². The first-order valence-corrected chi connectivity index (χ1v) is 14.5. The summed E-state index contributed by atoms with van der Waals surface area (Å²) in [4.78, 5) is 39.5. The van der Waals surface area contributed by atoms with E-state index in [0.29, 0.717) is 55.3 Å². The van der Waals surface area contributed by atoms with Gasteiger partial charge in [-0.1, -0.05) is 27.7 Å². The van der Waals surface area contributed by atoms with Crippen molar-refractivity contribution in [3.63, 3.8) is 0 Å². The first-order valence-electron chi connectivity index (χ1n) is 14.5. The van der Waals surface area contributed by atoms with E-state index in [0.717, 1.165) is 31.0 Å². The quantitative estimate of drug-likeness (QED) is 0.259. The third-order valence-corrected chi connectivity index (χ3v) is 6.06. The van der Waals surface area contributed by atoms with Crippen LogP contribution in [0.3, 0.4) is 0 Å². The monoisotopic (exact) mass is 574 g/mol. The third kappa shape index (κ3) is 14.3. The lowest BCUT2D eigenvalue weighted by atomic mass is 10.0. The van der Waals surface area contributed by atoms with Crippen LogP contribution < -0.4 is 16.0 Å². The highest BCUT2D eigenvalue weighted by molar-refractivity contribution is 6.00. The molecule has 0 bridgehead atoms. The van der Waals surface area contributed by atoms with Crippen molar-refractivity contribution in [3.05, 3.63) is 70.3 Å². The van der Waals surface area contributed by atoms with E-state index in [1.165, 1.54) is 12.1 Å². The van der Waals surface area contributed by atoms with Gasteiger partial charge in [0.05, 0.1) is 12.6 Å². The number of hydrogen-bond donors (Lipinski definition) is 3. The Bertz CT molecular complexity index is 1070. The van der Waals surface area contributed by atoms with Crippen LogP contribution in [0.15, 0.2) is 36.4 Å². The average Bonchev–Trinajstić information content (AvgIpc) is 2.89. The van der Waals surface area contributed by atoms with E-state index < -0.39 is 11.6 Å². The van der Waals surface area contributed by atoms with Gasteiger partial charge in [0.1, 0.15) is 11.6 Å². The third-order valence-electron chi connectivity index (χ3n) is 6.06. The van der Waals surface area contributed by atoms with Crippen LogP contribution in [0.25, 0.3) is 0 Å². The Morgan fingerprint density at radius 3 is 1.90 bits per heavy atom. The van der Waals surface area contributed by atoms with E-state index in [9.17, 15) is 23.2 Å². The Morgan fingerprint density at radius 2 is 1.37 bits per heavy atom. The summed E-state index contributed by atoms with van der Waals surface area (Å²) in [5.41, 5.74) is 2.50. The predicted molar refractivity (Wildman–Crippen MR) is 161 cm³/mol. The summed E-state index contributed by atoms with van der Waals surface area (Å²) in [6.45, 7) is 17.1. The van der Waals surface area contributed by atoms with Crippen LogP contribution in [0.5, 0.6) is 0 Å². The molecule has 7 nitrogen and oxygen atoms in total. The summed E-state index contributed by atoms with van der Waals surface area (Å²) in [5, 5.41) is 9.17. The molecule has 41 heavy (non-hydrogen) atoms. The molecule has 0 spiro atoms. The molecule has 0 heterocycles. The summed E-state index contributed by atoms with van der Waals surface area (Å²) in [6, 6.07) is 8.43. The number of benzene rings is 2. The number of carbonyl (C=O) groups is 3. The lowest BCUT2D eigenvalue weighted by Crippen LogP contribution is -2.43. The van der Waals surface area contributed by atoms with E-state index in [1.54, 1.807) is 19.1 Å². The average molecular weight is 575 g/mol. The Balaban J connectivity index is 0.000000787. The first-order chi connectivity index (χ1) is 19.4. The SMILES string of the molecule is CCCN(CCC)C(=O)c1cc(C)cc(C(=O)NCCNC(C)C(=O)CNCC(C)C)c1.Cc1cc(F)cc(F)c1. The maximum absolute atomic E-state index is 12.9. The minimum absolute atomic E-state index is 0.0356. The molecule has 0 aliphatic rings. The fourth-order valence-electron chi connectivity index (χ4n) is 4.08. The zero-order chi connectivity index (χ0) is 30.9. The van der Waals surface area contributed by atoms with Crippen LogP contribution in [-0.2, 0) is 4.79 Å². The van der Waals surface area contributed by atoms with Crippen molar-refractivity contribution in [2.24, 2.45) is 5.92 Å². The van der Waals surface area contributed by atoms with Crippen LogP contribution in [-0.4, -0.2) is 67.8 Å². The van der Waals surface area contributed by atoms with E-state index in [-0.39, 0.29) is 23.6 Å². The number of Topliss-reactive ketones (excluding diaryl/α,β-unsaturated/α-hetero) is 1. The van der Waals surface area contributed by atoms with E-state index in [1.807, 2.05) is 24.8 Å². The molecule has 2 amide bonds. The largest absolute Gasteiger partial charge is 0.351 e. The first kappa shape index (κ1) is 35.9. The second-order valence-electron chi connectivity index (χ2n) is 10.7. The molecule has 2 aromatic carbocycles. The van der Waals surface area contributed by atoms with Crippen LogP contribution in [0.2, 0.25) is 0 Å². The minimum Gasteiger partial charge on any atom is -0.351 e. The van der Waals surface area contributed by atoms with Gasteiger partial charge in [-0.05, 0) is 87.5 Å². The normalized spacial score (nSPS) is 11.5. The topological polar surface area (TPSA) is 90.5 Å². The highest BCUT2D eigenvalue weighted by Gasteiger charge is 2.17. The molecule has 2 rings (SSSR count). The van der Waals surface area contributed by atoms with Gasteiger partial charge in [0, 0.05) is 43.4 Å². The van der Waals surface area contributed by atoms with Gasteiger partial charge in [0.15, 0.2) is 5.78 Å². The summed E-state index contributed by atoms with van der Waals surface area (Å²) in [7, 11) is 0. The number of carbonyl (C=O) groups excluding carboxylic acids is 3. The molecule has 0 aromatic heterocycles. The lowest BCUT2D eigenvalue weighted by molar-refractivity contribution is -0.119. The molecule has 0 saturated heterocycles. The Kier molecular flexibility index (Phi) is 16.7. The molecular weight excluding hydrogens is 526 g/mol. The van der Waals surface area contributed by atoms with Crippen molar-refractivity contribution in [2.75, 3.05) is 39.3 Å². The van der Waals surface area contributed by atoms with Crippen LogP contribution in [0.1, 0.15) is 79.3 Å². The van der Waals surface area contributed by atoms with Crippen molar-refractivity contribution in [3.8, 4) is 0 Å². The second-order valence-corrected chi connectivity index (χ2v) is 10.7. The molecular formula is C32H48F2N4O3. The smallest absolute Gasteiger partial charge is 0.253 e. The predicted octanol–water partition coefficient (Wildman–Crippen LogP) is 5.05. The van der Waals surface area contributed by atoms with Crippen molar-refractivity contribution >= 4 is 17.6 Å². The van der Waals surface area contributed by atoms with Gasteiger partial charge in [-0.25, -0.2) is 8.78 Å². The summed E-state index contributed by atoms with van der Waals surface area (Å²) in [5.74, 6) is -0.700. The van der Waals surface area contributed by atoms with Crippen molar-refractivity contribution < 1.29 is 23.2 Å². The molecule has 0 radical (unpaired) electrons. The van der Waals surface area contributed by atoms with Crippen molar-refractivity contribution in [1.29, 1.82) is 0 Å². The molecule has 9 heteroatoms. The molecule has 0 aliphatic heterocycles. The molecule has 1 unspecified atom stereocenters. The van der Waals surface area contributed by atoms with E-state index in [4.69, 9.17) is 0 Å². The summed E-state index contributed by atoms with van der Waals surface area (Å²) < 4.78 is 24.4. The van der Waals surface area contributed by atoms with Gasteiger partial charge >= 0.3 is 0 Å². The number of rotatable bonds is 15. The number of halogens is 2. The molecule has 2 aromatic rings. The van der Waals surface area contributed by atoms with Crippen molar-refractivity contribution in [1.82, 2.24) is 20.9 Å².